The third-order valence-electron chi connectivity index (χ3n) is 6.08. The summed E-state index contributed by atoms with van der Waals surface area (Å²) in [6, 6.07) is 0. The van der Waals surface area contributed by atoms with E-state index in [4.69, 9.17) is 4.74 Å². The number of esters is 1. The second-order valence-corrected chi connectivity index (χ2v) is 7.41. The molecule has 122 valence electrons. The molecular formula is C16H25F3O2. The fraction of sp³-hybridized carbons (Fsp3) is 0.938. The van der Waals surface area contributed by atoms with Crippen molar-refractivity contribution in [3.05, 3.63) is 0 Å². The number of hydrogen-bond acceptors (Lipinski definition) is 2. The van der Waals surface area contributed by atoms with Crippen LogP contribution in [0.15, 0.2) is 0 Å². The quantitative estimate of drug-likeness (QED) is 0.535. The van der Waals surface area contributed by atoms with Gasteiger partial charge < -0.3 is 4.74 Å². The Hall–Kier alpha value is -0.740. The van der Waals surface area contributed by atoms with Gasteiger partial charge in [0.1, 0.15) is 6.10 Å². The summed E-state index contributed by atoms with van der Waals surface area (Å²) < 4.78 is 41.7. The van der Waals surface area contributed by atoms with Crippen LogP contribution >= 0.6 is 0 Å². The minimum Gasteiger partial charge on any atom is -0.462 e. The summed E-state index contributed by atoms with van der Waals surface area (Å²) in [7, 11) is 0. The average Bonchev–Trinajstić information content (AvgIpc) is 2.66. The Bertz CT molecular complexity index is 403. The topological polar surface area (TPSA) is 26.3 Å². The summed E-state index contributed by atoms with van der Waals surface area (Å²) in [4.78, 5) is 11.8. The van der Waals surface area contributed by atoms with Crippen LogP contribution in [0.25, 0.3) is 0 Å². The number of halogens is 3. The van der Waals surface area contributed by atoms with Crippen LogP contribution in [0.4, 0.5) is 13.2 Å². The molecule has 0 spiro atoms. The van der Waals surface area contributed by atoms with Gasteiger partial charge >= 0.3 is 12.1 Å². The molecule has 21 heavy (non-hydrogen) atoms. The molecule has 0 saturated heterocycles. The zero-order chi connectivity index (χ0) is 15.9. The number of ether oxygens (including phenoxy) is 1. The SMILES string of the molecule is CC1(C)C2CCC1(C)C(OC(=O)CCCCC(F)(F)F)C2. The fourth-order valence-corrected chi connectivity index (χ4v) is 4.12. The van der Waals surface area contributed by atoms with Crippen molar-refractivity contribution in [1.29, 1.82) is 0 Å². The lowest BCUT2D eigenvalue weighted by atomic mass is 9.70. The molecule has 0 aromatic carbocycles. The number of carbonyl (C=O) groups excluding carboxylic acids is 1. The van der Waals surface area contributed by atoms with Crippen molar-refractivity contribution in [2.24, 2.45) is 16.7 Å². The number of hydrogen-bond donors (Lipinski definition) is 0. The molecule has 2 bridgehead atoms. The Kier molecular flexibility index (Phi) is 4.33. The molecule has 2 nitrogen and oxygen atoms in total. The maximum Gasteiger partial charge on any atom is 0.389 e. The standard InChI is InChI=1S/C16H25F3O2/c1-14(2)11-7-9-15(14,3)12(10-11)21-13(20)6-4-5-8-16(17,18)19/h11-12H,4-10H2,1-3H3. The first kappa shape index (κ1) is 16.6. The summed E-state index contributed by atoms with van der Waals surface area (Å²) in [6.07, 6.45) is -1.54. The predicted molar refractivity (Wildman–Crippen MR) is 73.6 cm³/mol. The van der Waals surface area contributed by atoms with Crippen LogP contribution in [-0.2, 0) is 9.53 Å². The van der Waals surface area contributed by atoms with E-state index in [2.05, 4.69) is 20.8 Å². The normalized spacial score (nSPS) is 34.2. The Morgan fingerprint density at radius 3 is 2.38 bits per heavy atom. The fourth-order valence-electron chi connectivity index (χ4n) is 4.12. The zero-order valence-corrected chi connectivity index (χ0v) is 13.1. The molecule has 3 unspecified atom stereocenters. The molecule has 0 aromatic rings. The van der Waals surface area contributed by atoms with Gasteiger partial charge in [-0.3, -0.25) is 4.79 Å². The molecule has 2 fully saturated rings. The van der Waals surface area contributed by atoms with Gasteiger partial charge in [0, 0.05) is 18.3 Å². The van der Waals surface area contributed by atoms with E-state index in [1.807, 2.05) is 0 Å². The number of carbonyl (C=O) groups is 1. The Morgan fingerprint density at radius 1 is 1.24 bits per heavy atom. The molecule has 0 radical (unpaired) electrons. The van der Waals surface area contributed by atoms with Gasteiger partial charge in [-0.05, 0) is 43.4 Å². The van der Waals surface area contributed by atoms with E-state index in [-0.39, 0.29) is 42.2 Å². The van der Waals surface area contributed by atoms with Crippen LogP contribution < -0.4 is 0 Å². The first-order chi connectivity index (χ1) is 9.56. The molecule has 2 aliphatic rings. The van der Waals surface area contributed by atoms with Crippen LogP contribution in [0.5, 0.6) is 0 Å². The van der Waals surface area contributed by atoms with Gasteiger partial charge in [0.15, 0.2) is 0 Å². The Labute approximate surface area is 124 Å². The number of rotatable bonds is 5. The Morgan fingerprint density at radius 2 is 1.90 bits per heavy atom. The zero-order valence-electron chi connectivity index (χ0n) is 13.1. The minimum absolute atomic E-state index is 0.00530. The van der Waals surface area contributed by atoms with Gasteiger partial charge in [0.05, 0.1) is 0 Å². The van der Waals surface area contributed by atoms with Crippen molar-refractivity contribution in [2.75, 3.05) is 0 Å². The van der Waals surface area contributed by atoms with E-state index in [9.17, 15) is 18.0 Å². The van der Waals surface area contributed by atoms with Crippen LogP contribution in [-0.4, -0.2) is 18.2 Å². The largest absolute Gasteiger partial charge is 0.462 e. The van der Waals surface area contributed by atoms with E-state index in [1.54, 1.807) is 0 Å². The highest BCUT2D eigenvalue weighted by atomic mass is 19.4. The Balaban J connectivity index is 1.77. The molecule has 0 amide bonds. The van der Waals surface area contributed by atoms with Gasteiger partial charge in [-0.15, -0.1) is 0 Å². The van der Waals surface area contributed by atoms with E-state index in [0.717, 1.165) is 12.8 Å². The van der Waals surface area contributed by atoms with Crippen molar-refractivity contribution in [2.45, 2.75) is 78.0 Å². The summed E-state index contributed by atoms with van der Waals surface area (Å²) in [5, 5.41) is 0. The van der Waals surface area contributed by atoms with Crippen molar-refractivity contribution in [3.63, 3.8) is 0 Å². The van der Waals surface area contributed by atoms with E-state index in [1.165, 1.54) is 6.42 Å². The van der Waals surface area contributed by atoms with Crippen LogP contribution in [0.2, 0.25) is 0 Å². The lowest BCUT2D eigenvalue weighted by molar-refractivity contribution is -0.157. The number of unbranched alkanes of at least 4 members (excludes halogenated alkanes) is 1. The predicted octanol–water partition coefficient (Wildman–Crippen LogP) is 4.87. The molecule has 3 atom stereocenters. The highest BCUT2D eigenvalue weighted by molar-refractivity contribution is 5.69. The first-order valence-electron chi connectivity index (χ1n) is 7.82. The first-order valence-corrected chi connectivity index (χ1v) is 7.82. The molecule has 0 heterocycles. The summed E-state index contributed by atoms with van der Waals surface area (Å²) in [5.74, 6) is 0.247. The molecule has 0 N–H and O–H groups in total. The molecule has 2 rings (SSSR count). The third kappa shape index (κ3) is 3.21. The maximum atomic E-state index is 12.0. The van der Waals surface area contributed by atoms with Crippen molar-refractivity contribution < 1.29 is 22.7 Å². The monoisotopic (exact) mass is 306 g/mol. The number of fused-ring (bicyclic) bond motifs is 2. The van der Waals surface area contributed by atoms with Crippen molar-refractivity contribution >= 4 is 5.97 Å². The van der Waals surface area contributed by atoms with Crippen molar-refractivity contribution in [1.82, 2.24) is 0 Å². The second kappa shape index (κ2) is 5.47. The smallest absolute Gasteiger partial charge is 0.389 e. The van der Waals surface area contributed by atoms with Gasteiger partial charge in [0.25, 0.3) is 0 Å². The van der Waals surface area contributed by atoms with Crippen LogP contribution in [0.3, 0.4) is 0 Å². The minimum atomic E-state index is -4.13. The second-order valence-electron chi connectivity index (χ2n) is 7.41. The lowest BCUT2D eigenvalue weighted by Crippen LogP contribution is -2.38. The molecular weight excluding hydrogens is 281 g/mol. The maximum absolute atomic E-state index is 12.0. The van der Waals surface area contributed by atoms with Crippen molar-refractivity contribution in [3.8, 4) is 0 Å². The molecule has 0 aromatic heterocycles. The summed E-state index contributed by atoms with van der Waals surface area (Å²) in [6.45, 7) is 6.66. The lowest BCUT2D eigenvalue weighted by Gasteiger charge is -2.38. The molecule has 0 aliphatic heterocycles. The van der Waals surface area contributed by atoms with Gasteiger partial charge in [-0.2, -0.15) is 13.2 Å². The molecule has 2 saturated carbocycles. The number of alkyl halides is 3. The van der Waals surface area contributed by atoms with E-state index in [0.29, 0.717) is 5.92 Å². The summed E-state index contributed by atoms with van der Waals surface area (Å²) >= 11 is 0. The average molecular weight is 306 g/mol. The van der Waals surface area contributed by atoms with Gasteiger partial charge in [-0.25, -0.2) is 0 Å². The van der Waals surface area contributed by atoms with E-state index < -0.39 is 12.6 Å². The van der Waals surface area contributed by atoms with Gasteiger partial charge in [0.2, 0.25) is 0 Å². The highest BCUT2D eigenvalue weighted by Crippen LogP contribution is 2.66. The molecule has 5 heteroatoms. The molecule has 2 aliphatic carbocycles. The van der Waals surface area contributed by atoms with E-state index >= 15 is 0 Å². The van der Waals surface area contributed by atoms with Gasteiger partial charge in [-0.1, -0.05) is 20.8 Å². The van der Waals surface area contributed by atoms with Crippen LogP contribution in [0.1, 0.15) is 65.7 Å². The highest BCUT2D eigenvalue weighted by Gasteiger charge is 2.62. The summed E-state index contributed by atoms with van der Waals surface area (Å²) in [5.41, 5.74) is 0.188. The third-order valence-corrected chi connectivity index (χ3v) is 6.08. The van der Waals surface area contributed by atoms with Crippen LogP contribution in [0, 0.1) is 16.7 Å².